The van der Waals surface area contributed by atoms with Crippen molar-refractivity contribution in [2.75, 3.05) is 37.6 Å². The highest BCUT2D eigenvalue weighted by atomic mass is 15.3. The van der Waals surface area contributed by atoms with Crippen molar-refractivity contribution in [2.24, 2.45) is 0 Å². The summed E-state index contributed by atoms with van der Waals surface area (Å²) in [5.41, 5.74) is 2.79. The summed E-state index contributed by atoms with van der Waals surface area (Å²) < 4.78 is 0. The third-order valence-corrected chi connectivity index (χ3v) is 5.07. The zero-order valence-electron chi connectivity index (χ0n) is 13.5. The molecule has 2 aliphatic rings. The summed E-state index contributed by atoms with van der Waals surface area (Å²) in [4.78, 5) is 5.29. The van der Waals surface area contributed by atoms with Crippen molar-refractivity contribution in [3.05, 3.63) is 29.8 Å². The fourth-order valence-electron chi connectivity index (χ4n) is 3.84. The molecule has 1 aromatic carbocycles. The lowest BCUT2D eigenvalue weighted by atomic mass is 10.1. The van der Waals surface area contributed by atoms with E-state index in [0.29, 0.717) is 6.04 Å². The van der Waals surface area contributed by atoms with Crippen LogP contribution in [0.2, 0.25) is 0 Å². The molecule has 3 nitrogen and oxygen atoms in total. The number of anilines is 1. The van der Waals surface area contributed by atoms with Crippen LogP contribution in [0.3, 0.4) is 0 Å². The Balaban J connectivity index is 1.68. The highest BCUT2D eigenvalue weighted by molar-refractivity contribution is 5.48. The van der Waals surface area contributed by atoms with Crippen molar-refractivity contribution in [1.29, 1.82) is 0 Å². The average molecular weight is 287 g/mol. The van der Waals surface area contributed by atoms with Gasteiger partial charge in [-0.25, -0.2) is 0 Å². The second kappa shape index (κ2) is 6.80. The molecule has 0 radical (unpaired) electrons. The Bertz CT molecular complexity index is 442. The van der Waals surface area contributed by atoms with Crippen LogP contribution in [-0.2, 0) is 0 Å². The Hall–Kier alpha value is -1.06. The third-order valence-electron chi connectivity index (χ3n) is 5.07. The first kappa shape index (κ1) is 14.9. The molecule has 1 N–H and O–H groups in total. The predicted octanol–water partition coefficient (Wildman–Crippen LogP) is 3.03. The van der Waals surface area contributed by atoms with Gasteiger partial charge in [0.15, 0.2) is 0 Å². The van der Waals surface area contributed by atoms with Gasteiger partial charge < -0.3 is 10.2 Å². The maximum Gasteiger partial charge on any atom is 0.0366 e. The van der Waals surface area contributed by atoms with Crippen molar-refractivity contribution in [1.82, 2.24) is 10.2 Å². The van der Waals surface area contributed by atoms with Crippen LogP contribution in [0.15, 0.2) is 24.3 Å². The summed E-state index contributed by atoms with van der Waals surface area (Å²) in [6, 6.07) is 10.4. The summed E-state index contributed by atoms with van der Waals surface area (Å²) in [6.07, 6.45) is 4.07. The number of hydrogen-bond donors (Lipinski definition) is 1. The molecule has 0 amide bonds. The molecule has 0 aliphatic carbocycles. The van der Waals surface area contributed by atoms with Crippen molar-refractivity contribution in [3.8, 4) is 0 Å². The zero-order valence-corrected chi connectivity index (χ0v) is 13.5. The Morgan fingerprint density at radius 2 is 1.90 bits per heavy atom. The molecule has 2 heterocycles. The van der Waals surface area contributed by atoms with Gasteiger partial charge in [-0.3, -0.25) is 4.90 Å². The van der Waals surface area contributed by atoms with E-state index in [9.17, 15) is 0 Å². The van der Waals surface area contributed by atoms with Crippen LogP contribution in [0, 0.1) is 0 Å². The van der Waals surface area contributed by atoms with E-state index < -0.39 is 0 Å². The number of hydrogen-bond acceptors (Lipinski definition) is 3. The van der Waals surface area contributed by atoms with Gasteiger partial charge in [0.2, 0.25) is 0 Å². The Morgan fingerprint density at radius 3 is 2.67 bits per heavy atom. The summed E-state index contributed by atoms with van der Waals surface area (Å²) in [7, 11) is 0. The standard InChI is InChI=1S/C18H29N3/c1-3-19-15(2)16-7-9-17(10-8-16)21-13-5-12-20-11-4-6-18(20)14-21/h7-10,15,18-19H,3-6,11-14H2,1-2H3. The second-order valence-electron chi connectivity index (χ2n) is 6.50. The van der Waals surface area contributed by atoms with Crippen LogP contribution in [0.4, 0.5) is 5.69 Å². The van der Waals surface area contributed by atoms with Crippen LogP contribution in [0.1, 0.15) is 44.7 Å². The fourth-order valence-corrected chi connectivity index (χ4v) is 3.84. The largest absolute Gasteiger partial charge is 0.370 e. The SMILES string of the molecule is CCNC(C)c1ccc(N2CCCN3CCCC3C2)cc1. The van der Waals surface area contributed by atoms with Gasteiger partial charge in [-0.05, 0) is 57.0 Å². The molecule has 2 unspecified atom stereocenters. The zero-order chi connectivity index (χ0) is 14.7. The fraction of sp³-hybridized carbons (Fsp3) is 0.667. The van der Waals surface area contributed by atoms with E-state index in [0.717, 1.165) is 12.6 Å². The molecule has 2 atom stereocenters. The van der Waals surface area contributed by atoms with Gasteiger partial charge >= 0.3 is 0 Å². The predicted molar refractivity (Wildman–Crippen MR) is 90.0 cm³/mol. The van der Waals surface area contributed by atoms with Gasteiger partial charge in [0.05, 0.1) is 0 Å². The van der Waals surface area contributed by atoms with E-state index in [2.05, 4.69) is 53.2 Å². The second-order valence-corrected chi connectivity index (χ2v) is 6.50. The number of nitrogens with zero attached hydrogens (tertiary/aromatic N) is 2. The smallest absolute Gasteiger partial charge is 0.0366 e. The first-order chi connectivity index (χ1) is 10.3. The average Bonchev–Trinajstić information content (AvgIpc) is 2.85. The molecule has 0 saturated carbocycles. The quantitative estimate of drug-likeness (QED) is 0.918. The van der Waals surface area contributed by atoms with Crippen LogP contribution in [0.5, 0.6) is 0 Å². The van der Waals surface area contributed by atoms with Gasteiger partial charge in [-0.15, -0.1) is 0 Å². The first-order valence-corrected chi connectivity index (χ1v) is 8.60. The molecule has 0 bridgehead atoms. The highest BCUT2D eigenvalue weighted by Gasteiger charge is 2.28. The summed E-state index contributed by atoms with van der Waals surface area (Å²) >= 11 is 0. The van der Waals surface area contributed by atoms with E-state index in [1.807, 2.05) is 0 Å². The number of rotatable bonds is 4. The van der Waals surface area contributed by atoms with E-state index >= 15 is 0 Å². The molecule has 3 heteroatoms. The highest BCUT2D eigenvalue weighted by Crippen LogP contribution is 2.26. The topological polar surface area (TPSA) is 18.5 Å². The Morgan fingerprint density at radius 1 is 1.14 bits per heavy atom. The lowest BCUT2D eigenvalue weighted by Crippen LogP contribution is -2.36. The number of benzene rings is 1. The molecule has 116 valence electrons. The van der Waals surface area contributed by atoms with Gasteiger partial charge in [0.1, 0.15) is 0 Å². The first-order valence-electron chi connectivity index (χ1n) is 8.60. The molecule has 2 fully saturated rings. The van der Waals surface area contributed by atoms with Crippen molar-refractivity contribution in [3.63, 3.8) is 0 Å². The van der Waals surface area contributed by atoms with Crippen LogP contribution in [0.25, 0.3) is 0 Å². The molecule has 21 heavy (non-hydrogen) atoms. The monoisotopic (exact) mass is 287 g/mol. The van der Waals surface area contributed by atoms with Crippen molar-refractivity contribution >= 4 is 5.69 Å². The van der Waals surface area contributed by atoms with E-state index in [-0.39, 0.29) is 0 Å². The van der Waals surface area contributed by atoms with Crippen LogP contribution in [-0.4, -0.2) is 43.7 Å². The molecular formula is C18H29N3. The maximum absolute atomic E-state index is 3.48. The molecular weight excluding hydrogens is 258 g/mol. The Kier molecular flexibility index (Phi) is 4.81. The Labute approximate surface area is 129 Å². The van der Waals surface area contributed by atoms with Crippen molar-refractivity contribution < 1.29 is 0 Å². The minimum Gasteiger partial charge on any atom is -0.370 e. The minimum absolute atomic E-state index is 0.443. The van der Waals surface area contributed by atoms with Gasteiger partial charge in [-0.2, -0.15) is 0 Å². The summed E-state index contributed by atoms with van der Waals surface area (Å²) in [5, 5.41) is 3.48. The normalized spacial score (nSPS) is 24.7. The minimum atomic E-state index is 0.443. The van der Waals surface area contributed by atoms with Crippen molar-refractivity contribution in [2.45, 2.75) is 45.2 Å². The lowest BCUT2D eigenvalue weighted by Gasteiger charge is -2.27. The van der Waals surface area contributed by atoms with Gasteiger partial charge in [0, 0.05) is 37.4 Å². The van der Waals surface area contributed by atoms with E-state index in [1.54, 1.807) is 0 Å². The molecule has 1 aromatic rings. The number of fused-ring (bicyclic) bond motifs is 1. The molecule has 0 spiro atoms. The number of nitrogens with one attached hydrogen (secondary N) is 1. The molecule has 3 rings (SSSR count). The molecule has 2 aliphatic heterocycles. The summed E-state index contributed by atoms with van der Waals surface area (Å²) in [6.45, 7) is 10.4. The van der Waals surface area contributed by atoms with E-state index in [1.165, 1.54) is 56.7 Å². The lowest BCUT2D eigenvalue weighted by molar-refractivity contribution is 0.273. The third kappa shape index (κ3) is 3.41. The van der Waals surface area contributed by atoms with E-state index in [4.69, 9.17) is 0 Å². The summed E-state index contributed by atoms with van der Waals surface area (Å²) in [5.74, 6) is 0. The van der Waals surface area contributed by atoms with Crippen LogP contribution < -0.4 is 10.2 Å². The van der Waals surface area contributed by atoms with Gasteiger partial charge in [0.25, 0.3) is 0 Å². The molecule has 0 aromatic heterocycles. The van der Waals surface area contributed by atoms with Gasteiger partial charge in [-0.1, -0.05) is 19.1 Å². The molecule has 2 saturated heterocycles. The van der Waals surface area contributed by atoms with Crippen LogP contribution >= 0.6 is 0 Å². The maximum atomic E-state index is 3.48.